The van der Waals surface area contributed by atoms with E-state index in [0.717, 1.165) is 16.5 Å². The van der Waals surface area contributed by atoms with Crippen molar-refractivity contribution >= 4 is 28.6 Å². The molecule has 1 saturated carbocycles. The molecule has 0 radical (unpaired) electrons. The second-order valence-corrected chi connectivity index (χ2v) is 6.05. The fourth-order valence-electron chi connectivity index (χ4n) is 2.50. The zero-order valence-electron chi connectivity index (χ0n) is 10.8. The van der Waals surface area contributed by atoms with Gasteiger partial charge in [0.25, 0.3) is 0 Å². The molecule has 0 bridgehead atoms. The smallest absolute Gasteiger partial charge is 0.315 e. The third-order valence-corrected chi connectivity index (χ3v) is 4.28. The monoisotopic (exact) mass is 376 g/mol. The number of hydrogen-bond acceptors (Lipinski definition) is 5. The molecule has 1 aliphatic rings. The van der Waals surface area contributed by atoms with E-state index in [1.807, 2.05) is 0 Å². The number of hydrogen-bond donors (Lipinski definition) is 1. The van der Waals surface area contributed by atoms with E-state index < -0.39 is 11.5 Å². The number of ether oxygens (including phenoxy) is 1. The Hall–Kier alpha value is -0.760. The summed E-state index contributed by atoms with van der Waals surface area (Å²) in [5.41, 5.74) is -0.108. The van der Waals surface area contributed by atoms with Gasteiger partial charge in [-0.05, 0) is 42.4 Å². The molecular weight excluding hydrogens is 359 g/mol. The molecule has 19 heavy (non-hydrogen) atoms. The highest BCUT2D eigenvalue weighted by Crippen LogP contribution is 2.42. The maximum absolute atomic E-state index is 12.2. The summed E-state index contributed by atoms with van der Waals surface area (Å²) in [6.07, 6.45) is 5.86. The lowest BCUT2D eigenvalue weighted by molar-refractivity contribution is -0.164. The summed E-state index contributed by atoms with van der Waals surface area (Å²) in [7, 11) is 0. The minimum Gasteiger partial charge on any atom is -0.459 e. The number of halogens is 1. The minimum atomic E-state index is -0.726. The van der Waals surface area contributed by atoms with Gasteiger partial charge in [0.15, 0.2) is 0 Å². The number of carbonyl (C=O) groups is 1. The Morgan fingerprint density at radius 1 is 1.47 bits per heavy atom. The van der Waals surface area contributed by atoms with Crippen molar-refractivity contribution in [2.24, 2.45) is 5.41 Å². The lowest BCUT2D eigenvalue weighted by Gasteiger charge is -2.29. The zero-order valence-corrected chi connectivity index (χ0v) is 13.0. The summed E-state index contributed by atoms with van der Waals surface area (Å²) in [4.78, 5) is 20.4. The quantitative estimate of drug-likeness (QED) is 0.644. The first kappa shape index (κ1) is 14.6. The Morgan fingerprint density at radius 3 is 2.68 bits per heavy atom. The van der Waals surface area contributed by atoms with Crippen LogP contribution in [0.25, 0.3) is 0 Å². The molecule has 1 atom stereocenters. The van der Waals surface area contributed by atoms with Gasteiger partial charge in [-0.2, -0.15) is 0 Å². The summed E-state index contributed by atoms with van der Waals surface area (Å²) < 4.78 is 6.11. The fourth-order valence-corrected chi connectivity index (χ4v) is 2.77. The van der Waals surface area contributed by atoms with Crippen molar-refractivity contribution in [2.75, 3.05) is 0 Å². The van der Waals surface area contributed by atoms with Crippen molar-refractivity contribution in [1.29, 1.82) is 0 Å². The van der Waals surface area contributed by atoms with Crippen LogP contribution in [0, 0.1) is 9.12 Å². The SMILES string of the molecule is CC(O)C1(C(=O)OCc2cnc(I)cn2)CCCC1. The Kier molecular flexibility index (Phi) is 4.72. The zero-order chi connectivity index (χ0) is 13.9. The molecule has 0 spiro atoms. The van der Waals surface area contributed by atoms with E-state index in [-0.39, 0.29) is 12.6 Å². The molecule has 1 fully saturated rings. The Labute approximate surface area is 125 Å². The topological polar surface area (TPSA) is 72.3 Å². The van der Waals surface area contributed by atoms with E-state index in [2.05, 4.69) is 32.6 Å². The Morgan fingerprint density at radius 2 is 2.16 bits per heavy atom. The summed E-state index contributed by atoms with van der Waals surface area (Å²) in [5.74, 6) is -0.319. The number of carbonyl (C=O) groups excluding carboxylic acids is 1. The highest BCUT2D eigenvalue weighted by molar-refractivity contribution is 14.1. The van der Waals surface area contributed by atoms with Crippen molar-refractivity contribution in [1.82, 2.24) is 9.97 Å². The molecule has 0 amide bonds. The van der Waals surface area contributed by atoms with Crippen molar-refractivity contribution in [3.63, 3.8) is 0 Å². The van der Waals surface area contributed by atoms with Crippen molar-refractivity contribution in [3.05, 3.63) is 21.8 Å². The average molecular weight is 376 g/mol. The molecule has 0 aliphatic heterocycles. The number of nitrogens with zero attached hydrogens (tertiary/aromatic N) is 2. The normalized spacial score (nSPS) is 19.1. The molecule has 1 aliphatic carbocycles. The molecule has 5 nitrogen and oxygen atoms in total. The van der Waals surface area contributed by atoms with Gasteiger partial charge in [0.2, 0.25) is 0 Å². The molecule has 1 N–H and O–H groups in total. The molecule has 1 heterocycles. The fraction of sp³-hybridized carbons (Fsp3) is 0.615. The number of aliphatic hydroxyl groups is 1. The van der Waals surface area contributed by atoms with E-state index in [0.29, 0.717) is 18.5 Å². The second kappa shape index (κ2) is 6.13. The number of rotatable bonds is 4. The molecular formula is C13H17IN2O3. The van der Waals surface area contributed by atoms with Crippen LogP contribution in [0.15, 0.2) is 12.4 Å². The van der Waals surface area contributed by atoms with E-state index >= 15 is 0 Å². The highest BCUT2D eigenvalue weighted by Gasteiger charge is 2.46. The van der Waals surface area contributed by atoms with Crippen molar-refractivity contribution in [2.45, 2.75) is 45.3 Å². The second-order valence-electron chi connectivity index (χ2n) is 4.95. The van der Waals surface area contributed by atoms with E-state index in [9.17, 15) is 9.90 Å². The van der Waals surface area contributed by atoms with E-state index in [4.69, 9.17) is 4.74 Å². The standard InChI is InChI=1S/C13H17IN2O3/c1-9(17)13(4-2-3-5-13)12(18)19-8-10-6-16-11(14)7-15-10/h6-7,9,17H,2-5,8H2,1H3. The maximum atomic E-state index is 12.2. The largest absolute Gasteiger partial charge is 0.459 e. The van der Waals surface area contributed by atoms with Gasteiger partial charge in [-0.1, -0.05) is 12.8 Å². The van der Waals surface area contributed by atoms with E-state index in [1.165, 1.54) is 0 Å². The Balaban J connectivity index is 1.98. The van der Waals surface area contributed by atoms with Gasteiger partial charge in [0.1, 0.15) is 10.3 Å². The molecule has 2 rings (SSSR count). The summed E-state index contributed by atoms with van der Waals surface area (Å²) in [5, 5.41) is 9.88. The van der Waals surface area contributed by atoms with Crippen LogP contribution in [0.1, 0.15) is 38.3 Å². The van der Waals surface area contributed by atoms with Gasteiger partial charge in [-0.15, -0.1) is 0 Å². The minimum absolute atomic E-state index is 0.108. The third kappa shape index (κ3) is 3.22. The van der Waals surface area contributed by atoms with Crippen LogP contribution in [-0.4, -0.2) is 27.1 Å². The van der Waals surface area contributed by atoms with Crippen LogP contribution in [0.5, 0.6) is 0 Å². The summed E-state index contributed by atoms with van der Waals surface area (Å²) in [6, 6.07) is 0. The number of aromatic nitrogens is 2. The molecule has 6 heteroatoms. The summed E-state index contributed by atoms with van der Waals surface area (Å²) in [6.45, 7) is 1.77. The van der Waals surface area contributed by atoms with Gasteiger partial charge < -0.3 is 9.84 Å². The van der Waals surface area contributed by atoms with Crippen LogP contribution in [0.2, 0.25) is 0 Å². The molecule has 0 aromatic carbocycles. The number of aliphatic hydroxyl groups excluding tert-OH is 1. The van der Waals surface area contributed by atoms with Gasteiger partial charge in [0, 0.05) is 0 Å². The van der Waals surface area contributed by atoms with Gasteiger partial charge in [-0.25, -0.2) is 4.98 Å². The molecule has 1 aromatic rings. The molecule has 1 aromatic heterocycles. The van der Waals surface area contributed by atoms with Crippen LogP contribution in [-0.2, 0) is 16.1 Å². The van der Waals surface area contributed by atoms with Crippen LogP contribution in [0.3, 0.4) is 0 Å². The maximum Gasteiger partial charge on any atom is 0.315 e. The molecule has 0 saturated heterocycles. The predicted octanol–water partition coefficient (Wildman–Crippen LogP) is 2.07. The van der Waals surface area contributed by atoms with Crippen LogP contribution in [0.4, 0.5) is 0 Å². The lowest BCUT2D eigenvalue weighted by atomic mass is 9.81. The molecule has 104 valence electrons. The lowest BCUT2D eigenvalue weighted by Crippen LogP contribution is -2.39. The van der Waals surface area contributed by atoms with Crippen LogP contribution >= 0.6 is 22.6 Å². The van der Waals surface area contributed by atoms with Gasteiger partial charge in [-0.3, -0.25) is 9.78 Å². The average Bonchev–Trinajstić information content (AvgIpc) is 2.88. The first-order valence-electron chi connectivity index (χ1n) is 6.36. The van der Waals surface area contributed by atoms with Crippen molar-refractivity contribution in [3.8, 4) is 0 Å². The summed E-state index contributed by atoms with van der Waals surface area (Å²) >= 11 is 2.07. The first-order chi connectivity index (χ1) is 9.04. The predicted molar refractivity (Wildman–Crippen MR) is 77.1 cm³/mol. The first-order valence-corrected chi connectivity index (χ1v) is 7.44. The van der Waals surface area contributed by atoms with Crippen molar-refractivity contribution < 1.29 is 14.6 Å². The van der Waals surface area contributed by atoms with Gasteiger partial charge >= 0.3 is 5.97 Å². The van der Waals surface area contributed by atoms with Crippen LogP contribution < -0.4 is 0 Å². The van der Waals surface area contributed by atoms with E-state index in [1.54, 1.807) is 19.3 Å². The Bertz CT molecular complexity index is 442. The highest BCUT2D eigenvalue weighted by atomic mass is 127. The number of esters is 1. The molecule has 1 unspecified atom stereocenters. The van der Waals surface area contributed by atoms with Gasteiger partial charge in [0.05, 0.1) is 29.6 Å². The third-order valence-electron chi connectivity index (χ3n) is 3.73.